The van der Waals surface area contributed by atoms with E-state index >= 15 is 0 Å². The van der Waals surface area contributed by atoms with E-state index in [-0.39, 0.29) is 11.5 Å². The molecule has 0 spiro atoms. The van der Waals surface area contributed by atoms with Gasteiger partial charge in [-0.05, 0) is 71.6 Å². The molecule has 0 bridgehead atoms. The zero-order valence-corrected chi connectivity index (χ0v) is 18.7. The summed E-state index contributed by atoms with van der Waals surface area (Å²) in [6.07, 6.45) is 4.55. The predicted octanol–water partition coefficient (Wildman–Crippen LogP) is 5.12. The summed E-state index contributed by atoms with van der Waals surface area (Å²) < 4.78 is 14.1. The molecule has 1 fully saturated rings. The summed E-state index contributed by atoms with van der Waals surface area (Å²) in [6, 6.07) is 11.0. The average molecular weight is 476 g/mol. The molecule has 2 N–H and O–H groups in total. The van der Waals surface area contributed by atoms with Crippen LogP contribution in [0.5, 0.6) is 0 Å². The molecular weight excluding hydrogens is 449 g/mol. The second-order valence-corrected chi connectivity index (χ2v) is 8.38. The number of carbonyl (C=O) groups is 2. The van der Waals surface area contributed by atoms with Gasteiger partial charge in [-0.3, -0.25) is 9.59 Å². The maximum Gasteiger partial charge on any atom is 0.253 e. The van der Waals surface area contributed by atoms with Gasteiger partial charge < -0.3 is 15.5 Å². The number of halogens is 2. The molecule has 0 aliphatic carbocycles. The first-order valence-electron chi connectivity index (χ1n) is 10.4. The smallest absolute Gasteiger partial charge is 0.253 e. The molecule has 0 saturated carbocycles. The molecule has 5 nitrogen and oxygen atoms in total. The number of rotatable bonds is 8. The molecule has 1 aliphatic heterocycles. The maximum absolute atomic E-state index is 13.6. The average Bonchev–Trinajstić information content (AvgIpc) is 3.28. The summed E-state index contributed by atoms with van der Waals surface area (Å²) in [5, 5.41) is 5.70. The number of nitrogens with zero attached hydrogens (tertiary/aromatic N) is 1. The quantitative estimate of drug-likeness (QED) is 0.557. The third kappa shape index (κ3) is 5.81. The Morgan fingerprint density at radius 3 is 2.67 bits per heavy atom. The first-order chi connectivity index (χ1) is 14.5. The van der Waals surface area contributed by atoms with E-state index < -0.39 is 17.8 Å². The molecule has 1 atom stereocenters. The van der Waals surface area contributed by atoms with Crippen LogP contribution in [-0.4, -0.2) is 30.9 Å². The van der Waals surface area contributed by atoms with Crippen molar-refractivity contribution < 1.29 is 14.0 Å². The normalized spacial score (nSPS) is 14.4. The highest BCUT2D eigenvalue weighted by Gasteiger charge is 2.23. The van der Waals surface area contributed by atoms with E-state index in [2.05, 4.69) is 31.5 Å². The number of benzene rings is 2. The van der Waals surface area contributed by atoms with Crippen molar-refractivity contribution in [3.05, 3.63) is 58.3 Å². The summed E-state index contributed by atoms with van der Waals surface area (Å²) >= 11 is 3.27. The number of hydrogen-bond acceptors (Lipinski definition) is 3. The molecule has 30 heavy (non-hydrogen) atoms. The Morgan fingerprint density at radius 1 is 1.17 bits per heavy atom. The monoisotopic (exact) mass is 475 g/mol. The summed E-state index contributed by atoms with van der Waals surface area (Å²) in [4.78, 5) is 27.9. The van der Waals surface area contributed by atoms with Crippen LogP contribution in [0.25, 0.3) is 0 Å². The van der Waals surface area contributed by atoms with Gasteiger partial charge in [-0.15, -0.1) is 0 Å². The Morgan fingerprint density at radius 2 is 1.93 bits per heavy atom. The van der Waals surface area contributed by atoms with Crippen LogP contribution in [-0.2, 0) is 4.79 Å². The van der Waals surface area contributed by atoms with Crippen molar-refractivity contribution in [1.82, 2.24) is 5.32 Å². The van der Waals surface area contributed by atoms with E-state index in [1.54, 1.807) is 0 Å². The van der Waals surface area contributed by atoms with Gasteiger partial charge in [0.2, 0.25) is 5.91 Å². The van der Waals surface area contributed by atoms with E-state index in [0.717, 1.165) is 37.7 Å². The molecule has 0 aromatic heterocycles. The molecule has 2 aromatic carbocycles. The third-order valence-corrected chi connectivity index (χ3v) is 5.92. The van der Waals surface area contributed by atoms with Crippen LogP contribution in [0.1, 0.15) is 49.4 Å². The Balaban J connectivity index is 1.71. The molecule has 2 aromatic rings. The molecule has 160 valence electrons. The molecule has 0 radical (unpaired) electrons. The van der Waals surface area contributed by atoms with Gasteiger partial charge in [0.05, 0.1) is 5.56 Å². The summed E-state index contributed by atoms with van der Waals surface area (Å²) in [5.74, 6) is -1.26. The number of carbonyl (C=O) groups excluding carboxylic acids is 2. The summed E-state index contributed by atoms with van der Waals surface area (Å²) in [6.45, 7) is 4.07. The lowest BCUT2D eigenvalue weighted by Crippen LogP contribution is -2.44. The van der Waals surface area contributed by atoms with Crippen LogP contribution in [0.3, 0.4) is 0 Å². The van der Waals surface area contributed by atoms with Crippen LogP contribution in [0.2, 0.25) is 0 Å². The highest BCUT2D eigenvalue weighted by atomic mass is 79.9. The molecule has 1 unspecified atom stereocenters. The van der Waals surface area contributed by atoms with E-state index in [0.29, 0.717) is 16.6 Å². The lowest BCUT2D eigenvalue weighted by Gasteiger charge is -2.21. The third-order valence-electron chi connectivity index (χ3n) is 5.23. The minimum absolute atomic E-state index is 0.167. The van der Waals surface area contributed by atoms with Crippen LogP contribution >= 0.6 is 15.9 Å². The standard InChI is InChI=1S/C23H27BrFN3O2/c1-2-3-9-21(27-22(29)19-14-16(25)10-11-20(19)24)23(30)26-17-7-6-8-18(15-17)28-12-4-5-13-28/h6-8,10-11,14-15,21H,2-5,9,12-13H2,1H3,(H,26,30)(H,27,29). The second-order valence-electron chi connectivity index (χ2n) is 7.53. The minimum atomic E-state index is -0.705. The van der Waals surface area contributed by atoms with Crippen molar-refractivity contribution in [2.45, 2.75) is 45.1 Å². The van der Waals surface area contributed by atoms with Gasteiger partial charge in [0.25, 0.3) is 5.91 Å². The first-order valence-corrected chi connectivity index (χ1v) is 11.2. The zero-order chi connectivity index (χ0) is 21.5. The molecule has 1 aliphatic rings. The maximum atomic E-state index is 13.6. The number of anilines is 2. The lowest BCUT2D eigenvalue weighted by atomic mass is 10.1. The summed E-state index contributed by atoms with van der Waals surface area (Å²) in [5.41, 5.74) is 1.95. The molecule has 3 rings (SSSR count). The minimum Gasteiger partial charge on any atom is -0.371 e. The van der Waals surface area contributed by atoms with Crippen molar-refractivity contribution in [2.24, 2.45) is 0 Å². The SMILES string of the molecule is CCCCC(NC(=O)c1cc(F)ccc1Br)C(=O)Nc1cccc(N2CCCC2)c1. The van der Waals surface area contributed by atoms with Gasteiger partial charge >= 0.3 is 0 Å². The second kappa shape index (κ2) is 10.6. The first kappa shape index (κ1) is 22.3. The van der Waals surface area contributed by atoms with Crippen LogP contribution in [0, 0.1) is 5.82 Å². The lowest BCUT2D eigenvalue weighted by molar-refractivity contribution is -0.118. The van der Waals surface area contributed by atoms with Gasteiger partial charge in [-0.25, -0.2) is 4.39 Å². The number of hydrogen-bond donors (Lipinski definition) is 2. The van der Waals surface area contributed by atoms with Crippen molar-refractivity contribution in [3.8, 4) is 0 Å². The molecular formula is C23H27BrFN3O2. The van der Waals surface area contributed by atoms with E-state index in [9.17, 15) is 14.0 Å². The molecule has 1 heterocycles. The largest absolute Gasteiger partial charge is 0.371 e. The molecule has 1 saturated heterocycles. The van der Waals surface area contributed by atoms with Gasteiger partial charge in [0, 0.05) is 28.9 Å². The fourth-order valence-electron chi connectivity index (χ4n) is 3.57. The number of nitrogens with one attached hydrogen (secondary N) is 2. The predicted molar refractivity (Wildman–Crippen MR) is 121 cm³/mol. The topological polar surface area (TPSA) is 61.4 Å². The van der Waals surface area contributed by atoms with Crippen molar-refractivity contribution in [3.63, 3.8) is 0 Å². The Bertz CT molecular complexity index is 900. The van der Waals surface area contributed by atoms with E-state index in [1.807, 2.05) is 31.2 Å². The fourth-order valence-corrected chi connectivity index (χ4v) is 4.00. The van der Waals surface area contributed by atoms with E-state index in [4.69, 9.17) is 0 Å². The number of amides is 2. The number of unbranched alkanes of at least 4 members (excludes halogenated alkanes) is 1. The Labute approximate surface area is 185 Å². The van der Waals surface area contributed by atoms with Gasteiger partial charge in [-0.2, -0.15) is 0 Å². The van der Waals surface area contributed by atoms with Gasteiger partial charge in [0.15, 0.2) is 0 Å². The van der Waals surface area contributed by atoms with Gasteiger partial charge in [0.1, 0.15) is 11.9 Å². The highest BCUT2D eigenvalue weighted by Crippen LogP contribution is 2.24. The Hall–Kier alpha value is -2.41. The van der Waals surface area contributed by atoms with Crippen LogP contribution in [0.15, 0.2) is 46.9 Å². The summed E-state index contributed by atoms with van der Waals surface area (Å²) in [7, 11) is 0. The molecule has 7 heteroatoms. The van der Waals surface area contributed by atoms with Gasteiger partial charge in [-0.1, -0.05) is 25.8 Å². The Kier molecular flexibility index (Phi) is 7.85. The van der Waals surface area contributed by atoms with Crippen molar-refractivity contribution in [1.29, 1.82) is 0 Å². The van der Waals surface area contributed by atoms with Crippen molar-refractivity contribution >= 4 is 39.1 Å². The zero-order valence-electron chi connectivity index (χ0n) is 17.1. The van der Waals surface area contributed by atoms with Crippen molar-refractivity contribution in [2.75, 3.05) is 23.3 Å². The molecule has 2 amide bonds. The van der Waals surface area contributed by atoms with Crippen LogP contribution in [0.4, 0.5) is 15.8 Å². The van der Waals surface area contributed by atoms with E-state index in [1.165, 1.54) is 25.0 Å². The highest BCUT2D eigenvalue weighted by molar-refractivity contribution is 9.10. The van der Waals surface area contributed by atoms with Crippen LogP contribution < -0.4 is 15.5 Å². The fraction of sp³-hybridized carbons (Fsp3) is 0.391.